The summed E-state index contributed by atoms with van der Waals surface area (Å²) in [4.78, 5) is 1.39. The molecule has 1 aliphatic heterocycles. The molecule has 1 aromatic heterocycles. The highest BCUT2D eigenvalue weighted by molar-refractivity contribution is 8.00. The third-order valence-corrected chi connectivity index (χ3v) is 5.33. The second kappa shape index (κ2) is 6.12. The maximum absolute atomic E-state index is 5.50. The zero-order valence-electron chi connectivity index (χ0n) is 12.7. The van der Waals surface area contributed by atoms with Crippen LogP contribution >= 0.6 is 11.8 Å². The minimum Gasteiger partial charge on any atom is -0.493 e. The Balaban J connectivity index is 1.91. The van der Waals surface area contributed by atoms with Crippen molar-refractivity contribution < 1.29 is 4.74 Å². The van der Waals surface area contributed by atoms with Gasteiger partial charge in [-0.1, -0.05) is 25.1 Å². The van der Waals surface area contributed by atoms with Crippen LogP contribution in [0.2, 0.25) is 0 Å². The van der Waals surface area contributed by atoms with Crippen molar-refractivity contribution in [3.05, 3.63) is 41.7 Å². The Morgan fingerprint density at radius 1 is 1.48 bits per heavy atom. The minimum atomic E-state index is 0.231. The first-order valence-electron chi connectivity index (χ1n) is 7.28. The zero-order valence-corrected chi connectivity index (χ0v) is 13.5. The van der Waals surface area contributed by atoms with Gasteiger partial charge in [-0.25, -0.2) is 0 Å². The number of fused-ring (bicyclic) bond motifs is 1. The van der Waals surface area contributed by atoms with Crippen molar-refractivity contribution in [3.8, 4) is 5.75 Å². The van der Waals surface area contributed by atoms with Gasteiger partial charge in [0.1, 0.15) is 0 Å². The molecule has 5 heteroatoms. The molecule has 2 unspecified atom stereocenters. The smallest absolute Gasteiger partial charge is 0.161 e. The van der Waals surface area contributed by atoms with Crippen LogP contribution in [-0.4, -0.2) is 28.7 Å². The van der Waals surface area contributed by atoms with E-state index in [2.05, 4.69) is 41.6 Å². The molecule has 0 aliphatic carbocycles. The van der Waals surface area contributed by atoms with Crippen molar-refractivity contribution in [2.45, 2.75) is 29.5 Å². The van der Waals surface area contributed by atoms with Crippen LogP contribution in [0.4, 0.5) is 0 Å². The first-order valence-corrected chi connectivity index (χ1v) is 8.16. The van der Waals surface area contributed by atoms with Crippen molar-refractivity contribution in [1.29, 1.82) is 0 Å². The van der Waals surface area contributed by atoms with Gasteiger partial charge in [0.2, 0.25) is 0 Å². The molecule has 112 valence electrons. The molecule has 0 saturated heterocycles. The summed E-state index contributed by atoms with van der Waals surface area (Å²) in [5.74, 6) is 0.861. The number of benzene rings is 1. The Kier molecular flexibility index (Phi) is 4.22. The molecule has 1 aliphatic rings. The third kappa shape index (κ3) is 2.68. The maximum atomic E-state index is 5.50. The average molecular weight is 303 g/mol. The van der Waals surface area contributed by atoms with E-state index >= 15 is 0 Å². The highest BCUT2D eigenvalue weighted by atomic mass is 32.2. The fourth-order valence-electron chi connectivity index (χ4n) is 2.96. The fraction of sp³-hybridized carbons (Fsp3) is 0.438. The molecule has 21 heavy (non-hydrogen) atoms. The molecule has 0 fully saturated rings. The Hall–Kier alpha value is -1.46. The van der Waals surface area contributed by atoms with Crippen LogP contribution in [0.25, 0.3) is 0 Å². The van der Waals surface area contributed by atoms with Gasteiger partial charge in [0, 0.05) is 17.2 Å². The lowest BCUT2D eigenvalue weighted by molar-refractivity contribution is 0.392. The number of methoxy groups -OCH3 is 1. The van der Waals surface area contributed by atoms with Crippen LogP contribution < -0.4 is 10.1 Å². The van der Waals surface area contributed by atoms with E-state index in [0.29, 0.717) is 5.25 Å². The lowest BCUT2D eigenvalue weighted by atomic mass is 10.0. The lowest BCUT2D eigenvalue weighted by Gasteiger charge is -2.24. The molecule has 0 amide bonds. The van der Waals surface area contributed by atoms with E-state index in [4.69, 9.17) is 4.74 Å². The van der Waals surface area contributed by atoms with E-state index in [-0.39, 0.29) is 6.04 Å². The summed E-state index contributed by atoms with van der Waals surface area (Å²) in [7, 11) is 3.69. The van der Waals surface area contributed by atoms with Gasteiger partial charge in [0.05, 0.1) is 25.0 Å². The van der Waals surface area contributed by atoms with Gasteiger partial charge < -0.3 is 10.1 Å². The van der Waals surface area contributed by atoms with Crippen LogP contribution in [0.3, 0.4) is 0 Å². The molecular formula is C16H21N3OS. The Bertz CT molecular complexity index is 601. The highest BCUT2D eigenvalue weighted by Gasteiger charge is 2.33. The van der Waals surface area contributed by atoms with Crippen LogP contribution in [0.15, 0.2) is 35.4 Å². The molecule has 1 N–H and O–H groups in total. The second-order valence-electron chi connectivity index (χ2n) is 5.23. The summed E-state index contributed by atoms with van der Waals surface area (Å²) in [6.07, 6.45) is 2.87. The summed E-state index contributed by atoms with van der Waals surface area (Å²) in [6.45, 7) is 3.06. The van der Waals surface area contributed by atoms with Crippen LogP contribution in [0, 0.1) is 0 Å². The molecule has 2 aromatic rings. The Labute approximate surface area is 129 Å². The molecule has 0 bridgehead atoms. The largest absolute Gasteiger partial charge is 0.493 e. The standard InChI is InChI=1S/C16H21N3OS/c1-4-17-15(16-12(20-3)10-18-19(16)2)14-9-11-7-5-6-8-13(11)21-14/h5-8,10,14-15,17H,4,9H2,1-3H3. The van der Waals surface area contributed by atoms with Gasteiger partial charge in [-0.3, -0.25) is 4.68 Å². The molecule has 0 spiro atoms. The molecule has 0 radical (unpaired) electrons. The molecular weight excluding hydrogens is 282 g/mol. The summed E-state index contributed by atoms with van der Waals surface area (Å²) >= 11 is 1.95. The number of hydrogen-bond donors (Lipinski definition) is 1. The average Bonchev–Trinajstić information content (AvgIpc) is 3.08. The number of hydrogen-bond acceptors (Lipinski definition) is 4. The fourth-order valence-corrected chi connectivity index (χ4v) is 4.37. The number of aromatic nitrogens is 2. The van der Waals surface area contributed by atoms with Gasteiger partial charge in [0.15, 0.2) is 5.75 Å². The minimum absolute atomic E-state index is 0.231. The summed E-state index contributed by atoms with van der Waals surface area (Å²) in [6, 6.07) is 8.90. The van der Waals surface area contributed by atoms with Gasteiger partial charge in [-0.2, -0.15) is 5.10 Å². The van der Waals surface area contributed by atoms with E-state index in [1.165, 1.54) is 10.5 Å². The van der Waals surface area contributed by atoms with Crippen LogP contribution in [0.1, 0.15) is 24.2 Å². The van der Waals surface area contributed by atoms with Crippen molar-refractivity contribution in [3.63, 3.8) is 0 Å². The number of thioether (sulfide) groups is 1. The van der Waals surface area contributed by atoms with E-state index in [1.807, 2.05) is 23.5 Å². The zero-order chi connectivity index (χ0) is 14.8. The predicted octanol–water partition coefficient (Wildman–Crippen LogP) is 2.80. The normalized spacial score (nSPS) is 18.5. The van der Waals surface area contributed by atoms with Crippen LogP contribution in [0.5, 0.6) is 5.75 Å². The molecule has 3 rings (SSSR count). The SMILES string of the molecule is CCNC(c1c(OC)cnn1C)C1Cc2ccccc2S1. The van der Waals surface area contributed by atoms with Gasteiger partial charge >= 0.3 is 0 Å². The lowest BCUT2D eigenvalue weighted by Crippen LogP contribution is -2.32. The molecule has 4 nitrogen and oxygen atoms in total. The van der Waals surface area contributed by atoms with Crippen molar-refractivity contribution in [1.82, 2.24) is 15.1 Å². The monoisotopic (exact) mass is 303 g/mol. The van der Waals surface area contributed by atoms with E-state index in [0.717, 1.165) is 24.4 Å². The number of nitrogens with one attached hydrogen (secondary N) is 1. The first kappa shape index (κ1) is 14.5. The Morgan fingerprint density at radius 3 is 3.00 bits per heavy atom. The predicted molar refractivity (Wildman–Crippen MR) is 86.0 cm³/mol. The Morgan fingerprint density at radius 2 is 2.29 bits per heavy atom. The van der Waals surface area contributed by atoms with Gasteiger partial charge in [-0.05, 0) is 24.6 Å². The highest BCUT2D eigenvalue weighted by Crippen LogP contribution is 2.43. The summed E-state index contributed by atoms with van der Waals surface area (Å²) < 4.78 is 7.42. The number of nitrogens with zero attached hydrogens (tertiary/aromatic N) is 2. The van der Waals surface area contributed by atoms with Crippen LogP contribution in [-0.2, 0) is 13.5 Å². The quantitative estimate of drug-likeness (QED) is 0.922. The summed E-state index contributed by atoms with van der Waals surface area (Å²) in [5, 5.41) is 8.43. The topological polar surface area (TPSA) is 39.1 Å². The summed E-state index contributed by atoms with van der Waals surface area (Å²) in [5.41, 5.74) is 2.57. The molecule has 1 aromatic carbocycles. The van der Waals surface area contributed by atoms with Crippen molar-refractivity contribution in [2.75, 3.05) is 13.7 Å². The van der Waals surface area contributed by atoms with E-state index in [9.17, 15) is 0 Å². The van der Waals surface area contributed by atoms with Gasteiger partial charge in [-0.15, -0.1) is 11.8 Å². The number of rotatable bonds is 5. The van der Waals surface area contributed by atoms with Crippen molar-refractivity contribution >= 4 is 11.8 Å². The third-order valence-electron chi connectivity index (χ3n) is 3.93. The molecule has 2 atom stereocenters. The second-order valence-corrected chi connectivity index (χ2v) is 6.51. The van der Waals surface area contributed by atoms with Crippen molar-refractivity contribution in [2.24, 2.45) is 7.05 Å². The maximum Gasteiger partial charge on any atom is 0.161 e. The molecule has 0 saturated carbocycles. The molecule has 2 heterocycles. The van der Waals surface area contributed by atoms with E-state index in [1.54, 1.807) is 13.3 Å². The van der Waals surface area contributed by atoms with Gasteiger partial charge in [0.25, 0.3) is 0 Å². The number of aryl methyl sites for hydroxylation is 1. The number of ether oxygens (including phenoxy) is 1. The first-order chi connectivity index (χ1) is 10.2. The van der Waals surface area contributed by atoms with E-state index < -0.39 is 0 Å².